The van der Waals surface area contributed by atoms with E-state index < -0.39 is 60.9 Å². The van der Waals surface area contributed by atoms with Crippen molar-refractivity contribution in [3.8, 4) is 5.75 Å². The zero-order chi connectivity index (χ0) is 25.1. The first-order valence-electron chi connectivity index (χ1n) is 9.95. The predicted octanol–water partition coefficient (Wildman–Crippen LogP) is 6.16. The molecule has 1 unspecified atom stereocenters. The van der Waals surface area contributed by atoms with Crippen LogP contribution in [0.4, 0.5) is 42.1 Å². The van der Waals surface area contributed by atoms with E-state index in [2.05, 4.69) is 4.72 Å². The molecule has 186 valence electrons. The second-order valence-corrected chi connectivity index (χ2v) is 8.34. The molecule has 1 aliphatic heterocycles. The molecule has 34 heavy (non-hydrogen) atoms. The van der Waals surface area contributed by atoms with E-state index in [9.17, 15) is 35.5 Å². The molecule has 0 bridgehead atoms. The number of halogens is 7. The number of alkyl halides is 6. The van der Waals surface area contributed by atoms with Gasteiger partial charge in [-0.3, -0.25) is 9.52 Å². The highest BCUT2D eigenvalue weighted by atomic mass is 32.2. The number of anilines is 2. The van der Waals surface area contributed by atoms with Gasteiger partial charge in [0.2, 0.25) is 0 Å². The lowest BCUT2D eigenvalue weighted by molar-refractivity contribution is -0.139. The maximum atomic E-state index is 13.8. The fourth-order valence-corrected chi connectivity index (χ4v) is 4.21. The molecule has 0 saturated heterocycles. The monoisotopic (exact) mass is 512 g/mol. The molecule has 2 aromatic carbocycles. The van der Waals surface area contributed by atoms with Gasteiger partial charge in [-0.05, 0) is 54.8 Å². The van der Waals surface area contributed by atoms with Gasteiger partial charge in [-0.25, -0.2) is 4.39 Å². The Balaban J connectivity index is 2.04. The van der Waals surface area contributed by atoms with Crippen molar-refractivity contribution in [2.75, 3.05) is 18.1 Å². The number of rotatable bonds is 7. The Morgan fingerprint density at radius 1 is 1.15 bits per heavy atom. The fraction of sp³-hybridized carbons (Fsp3) is 0.381. The number of carboxylic acid groups (broad SMARTS) is 1. The van der Waals surface area contributed by atoms with Gasteiger partial charge in [0, 0.05) is 24.7 Å². The van der Waals surface area contributed by atoms with Crippen molar-refractivity contribution in [1.29, 1.82) is 0 Å². The van der Waals surface area contributed by atoms with Crippen LogP contribution in [-0.2, 0) is 11.0 Å². The summed E-state index contributed by atoms with van der Waals surface area (Å²) < 4.78 is 101. The molecule has 1 heterocycles. The summed E-state index contributed by atoms with van der Waals surface area (Å²) in [4.78, 5) is 12.3. The van der Waals surface area contributed by atoms with Crippen molar-refractivity contribution in [3.63, 3.8) is 0 Å². The van der Waals surface area contributed by atoms with E-state index in [1.54, 1.807) is 0 Å². The van der Waals surface area contributed by atoms with Crippen LogP contribution in [0.3, 0.4) is 0 Å². The number of benzene rings is 2. The van der Waals surface area contributed by atoms with Crippen LogP contribution in [0, 0.1) is 5.82 Å². The van der Waals surface area contributed by atoms with Crippen molar-refractivity contribution in [2.45, 2.75) is 42.6 Å². The number of fused-ring (bicyclic) bond motifs is 1. The molecule has 0 spiro atoms. The van der Waals surface area contributed by atoms with Crippen LogP contribution in [0.2, 0.25) is 0 Å². The molecule has 0 aromatic heterocycles. The van der Waals surface area contributed by atoms with E-state index in [1.807, 2.05) is 0 Å². The molecular formula is C21H19F7N2O3S. The third-order valence-corrected chi connectivity index (χ3v) is 5.88. The topological polar surface area (TPSA) is 61.8 Å². The SMILES string of the molecule is O=C(O)CCOc1cc2c(cc1C(F)(F)F)N(c1ccc(F)cc1)CC(CCC(F)(F)F)NS2. The van der Waals surface area contributed by atoms with Gasteiger partial charge < -0.3 is 14.7 Å². The molecule has 2 N–H and O–H groups in total. The minimum Gasteiger partial charge on any atom is -0.492 e. The average molecular weight is 512 g/mol. The Kier molecular flexibility index (Phi) is 7.86. The average Bonchev–Trinajstić information content (AvgIpc) is 2.90. The highest BCUT2D eigenvalue weighted by Gasteiger charge is 2.38. The van der Waals surface area contributed by atoms with Crippen LogP contribution in [0.25, 0.3) is 0 Å². The molecule has 1 aliphatic rings. The van der Waals surface area contributed by atoms with Gasteiger partial charge in [0.15, 0.2) is 0 Å². The molecule has 0 radical (unpaired) electrons. The van der Waals surface area contributed by atoms with E-state index in [0.29, 0.717) is 0 Å². The molecule has 1 atom stereocenters. The van der Waals surface area contributed by atoms with Crippen molar-refractivity contribution in [3.05, 3.63) is 47.8 Å². The molecular weight excluding hydrogens is 493 g/mol. The lowest BCUT2D eigenvalue weighted by Gasteiger charge is -2.28. The highest BCUT2D eigenvalue weighted by molar-refractivity contribution is 7.97. The minimum atomic E-state index is -4.86. The summed E-state index contributed by atoms with van der Waals surface area (Å²) in [5.74, 6) is -2.44. The molecule has 0 amide bonds. The minimum absolute atomic E-state index is 0.0385. The maximum absolute atomic E-state index is 13.8. The van der Waals surface area contributed by atoms with Gasteiger partial charge in [-0.1, -0.05) is 0 Å². The number of nitrogens with one attached hydrogen (secondary N) is 1. The summed E-state index contributed by atoms with van der Waals surface area (Å²) in [6, 6.07) is 5.93. The Hall–Kier alpha value is -2.67. The summed E-state index contributed by atoms with van der Waals surface area (Å²) in [5.41, 5.74) is -0.841. The van der Waals surface area contributed by atoms with Crippen LogP contribution in [0.1, 0.15) is 24.8 Å². The lowest BCUT2D eigenvalue weighted by Crippen LogP contribution is -2.35. The molecule has 2 aromatic rings. The summed E-state index contributed by atoms with van der Waals surface area (Å²) in [6.45, 7) is -0.622. The zero-order valence-electron chi connectivity index (χ0n) is 17.3. The van der Waals surface area contributed by atoms with Crippen molar-refractivity contribution < 1.29 is 45.4 Å². The molecule has 0 fully saturated rings. The summed E-state index contributed by atoms with van der Waals surface area (Å²) in [5, 5.41) is 8.74. The largest absolute Gasteiger partial charge is 0.492 e. The predicted molar refractivity (Wildman–Crippen MR) is 111 cm³/mol. The quantitative estimate of drug-likeness (QED) is 0.343. The molecule has 13 heteroatoms. The first kappa shape index (κ1) is 25.9. The van der Waals surface area contributed by atoms with E-state index in [0.717, 1.165) is 36.2 Å². The summed E-state index contributed by atoms with van der Waals surface area (Å²) >= 11 is 0.846. The number of hydrogen-bond acceptors (Lipinski definition) is 5. The van der Waals surface area contributed by atoms with Crippen molar-refractivity contribution in [1.82, 2.24) is 4.72 Å². The Morgan fingerprint density at radius 3 is 2.41 bits per heavy atom. The van der Waals surface area contributed by atoms with Crippen molar-refractivity contribution in [2.24, 2.45) is 0 Å². The first-order chi connectivity index (χ1) is 15.8. The number of aliphatic carboxylic acids is 1. The molecule has 3 rings (SSSR count). The van der Waals surface area contributed by atoms with E-state index in [4.69, 9.17) is 9.84 Å². The Morgan fingerprint density at radius 2 is 1.82 bits per heavy atom. The van der Waals surface area contributed by atoms with Crippen LogP contribution in [-0.4, -0.2) is 36.4 Å². The van der Waals surface area contributed by atoms with Crippen LogP contribution >= 0.6 is 11.9 Å². The van der Waals surface area contributed by atoms with Gasteiger partial charge in [0.1, 0.15) is 11.6 Å². The van der Waals surface area contributed by atoms with Gasteiger partial charge >= 0.3 is 18.3 Å². The van der Waals surface area contributed by atoms with Crippen LogP contribution in [0.15, 0.2) is 41.3 Å². The molecule has 0 aliphatic carbocycles. The Labute approximate surface area is 194 Å². The van der Waals surface area contributed by atoms with E-state index in [-0.39, 0.29) is 29.2 Å². The number of carbonyl (C=O) groups is 1. The maximum Gasteiger partial charge on any atom is 0.420 e. The summed E-state index contributed by atoms with van der Waals surface area (Å²) in [6.07, 6.45) is -11.2. The normalized spacial score (nSPS) is 16.7. The van der Waals surface area contributed by atoms with Crippen LogP contribution in [0.5, 0.6) is 5.75 Å². The van der Waals surface area contributed by atoms with Gasteiger partial charge in [-0.2, -0.15) is 26.3 Å². The Bertz CT molecular complexity index is 1010. The smallest absolute Gasteiger partial charge is 0.420 e. The summed E-state index contributed by atoms with van der Waals surface area (Å²) in [7, 11) is 0. The second kappa shape index (κ2) is 10.3. The third kappa shape index (κ3) is 6.92. The second-order valence-electron chi connectivity index (χ2n) is 7.46. The van der Waals surface area contributed by atoms with Crippen molar-refractivity contribution >= 4 is 29.3 Å². The van der Waals surface area contributed by atoms with Gasteiger partial charge in [0.05, 0.1) is 29.2 Å². The van der Waals surface area contributed by atoms with Crippen LogP contribution < -0.4 is 14.4 Å². The van der Waals surface area contributed by atoms with Gasteiger partial charge in [-0.15, -0.1) is 0 Å². The third-order valence-electron chi connectivity index (χ3n) is 4.88. The van der Waals surface area contributed by atoms with E-state index in [1.165, 1.54) is 17.0 Å². The number of nitrogens with zero attached hydrogens (tertiary/aromatic N) is 1. The first-order valence-corrected chi connectivity index (χ1v) is 10.8. The van der Waals surface area contributed by atoms with E-state index >= 15 is 0 Å². The number of carboxylic acids is 1. The highest BCUT2D eigenvalue weighted by Crippen LogP contribution is 2.46. The molecule has 0 saturated carbocycles. The fourth-order valence-electron chi connectivity index (χ4n) is 3.29. The molecule has 5 nitrogen and oxygen atoms in total. The number of ether oxygens (including phenoxy) is 1. The number of hydrogen-bond donors (Lipinski definition) is 2. The lowest BCUT2D eigenvalue weighted by atomic mass is 10.1. The standard InChI is InChI=1S/C21H19F7N2O3S/c22-12-1-3-14(4-2-12)30-11-13(5-7-20(23,24)25)29-34-18-10-17(33-8-6-19(31)32)15(9-16(18)30)21(26,27)28/h1-4,9-10,13,29H,5-8,11H2,(H,31,32). The van der Waals surface area contributed by atoms with Gasteiger partial charge in [0.25, 0.3) is 0 Å². The zero-order valence-corrected chi connectivity index (χ0v) is 18.2.